The van der Waals surface area contributed by atoms with Gasteiger partial charge in [-0.3, -0.25) is 4.79 Å². The molecule has 2 aromatic rings. The second-order valence-electron chi connectivity index (χ2n) is 5.34. The summed E-state index contributed by atoms with van der Waals surface area (Å²) in [7, 11) is 5.16. The standard InChI is InChI=1S/C17H24N4O3.2ClH/c1-21-10-8-19-17(21)16(13-4-6-14(24-3)7-5-13)20-15(22)12-18-9-11-23-2;;/h4-8,10,16,18H,9,11-12H2,1-3H3,(H,20,22);2*1H. The number of hydrogen-bond donors (Lipinski definition) is 2. The van der Waals surface area contributed by atoms with Gasteiger partial charge in [-0.2, -0.15) is 0 Å². The Bertz CT molecular complexity index is 650. The summed E-state index contributed by atoms with van der Waals surface area (Å²) in [4.78, 5) is 16.6. The highest BCUT2D eigenvalue weighted by atomic mass is 35.5. The van der Waals surface area contributed by atoms with Crippen LogP contribution < -0.4 is 15.4 Å². The summed E-state index contributed by atoms with van der Waals surface area (Å²) in [5, 5.41) is 6.06. The normalized spacial score (nSPS) is 11.0. The van der Waals surface area contributed by atoms with Gasteiger partial charge in [0.15, 0.2) is 0 Å². The van der Waals surface area contributed by atoms with E-state index in [1.54, 1.807) is 20.4 Å². The van der Waals surface area contributed by atoms with E-state index in [0.717, 1.165) is 17.1 Å². The summed E-state index contributed by atoms with van der Waals surface area (Å²) in [6.07, 6.45) is 3.57. The molecule has 2 N–H and O–H groups in total. The molecule has 0 bridgehead atoms. The van der Waals surface area contributed by atoms with E-state index in [9.17, 15) is 4.79 Å². The highest BCUT2D eigenvalue weighted by molar-refractivity contribution is 5.85. The minimum atomic E-state index is -0.326. The van der Waals surface area contributed by atoms with Crippen LogP contribution in [0.2, 0.25) is 0 Å². The fraction of sp³-hybridized carbons (Fsp3) is 0.412. The largest absolute Gasteiger partial charge is 0.497 e. The number of carbonyl (C=O) groups excluding carboxylic acids is 1. The summed E-state index contributed by atoms with van der Waals surface area (Å²) in [6, 6.07) is 7.27. The molecule has 1 aromatic carbocycles. The van der Waals surface area contributed by atoms with E-state index in [2.05, 4.69) is 15.6 Å². The van der Waals surface area contributed by atoms with Gasteiger partial charge in [-0.05, 0) is 17.7 Å². The molecule has 0 spiro atoms. The summed E-state index contributed by atoms with van der Waals surface area (Å²) in [5.74, 6) is 1.44. The predicted octanol–water partition coefficient (Wildman–Crippen LogP) is 1.71. The lowest BCUT2D eigenvalue weighted by Gasteiger charge is -2.19. The number of nitrogens with zero attached hydrogens (tertiary/aromatic N) is 2. The Hall–Kier alpha value is -1.80. The van der Waals surface area contributed by atoms with Crippen molar-refractivity contribution in [1.29, 1.82) is 0 Å². The van der Waals surface area contributed by atoms with E-state index in [0.29, 0.717) is 13.2 Å². The number of carbonyl (C=O) groups is 1. The molecule has 0 fully saturated rings. The molecule has 0 saturated carbocycles. The zero-order chi connectivity index (χ0) is 17.4. The van der Waals surface area contributed by atoms with Crippen LogP contribution in [-0.2, 0) is 16.6 Å². The van der Waals surface area contributed by atoms with E-state index in [4.69, 9.17) is 9.47 Å². The molecular weight excluding hydrogens is 379 g/mol. The lowest BCUT2D eigenvalue weighted by molar-refractivity contribution is -0.120. The summed E-state index contributed by atoms with van der Waals surface area (Å²) < 4.78 is 12.0. The molecule has 0 radical (unpaired) electrons. The van der Waals surface area contributed by atoms with Crippen LogP contribution in [-0.4, -0.2) is 49.4 Å². The van der Waals surface area contributed by atoms with Crippen molar-refractivity contribution in [1.82, 2.24) is 20.2 Å². The molecule has 0 aliphatic heterocycles. The zero-order valence-electron chi connectivity index (χ0n) is 15.1. The quantitative estimate of drug-likeness (QED) is 0.622. The molecule has 0 aliphatic rings. The molecule has 7 nitrogen and oxygen atoms in total. The molecule has 2 rings (SSSR count). The fourth-order valence-corrected chi connectivity index (χ4v) is 2.34. The minimum absolute atomic E-state index is 0. The van der Waals surface area contributed by atoms with Gasteiger partial charge in [-0.25, -0.2) is 4.98 Å². The Morgan fingerprint density at radius 3 is 2.46 bits per heavy atom. The van der Waals surface area contributed by atoms with Gasteiger partial charge in [-0.15, -0.1) is 24.8 Å². The average molecular weight is 405 g/mol. The minimum Gasteiger partial charge on any atom is -0.497 e. The third-order valence-electron chi connectivity index (χ3n) is 3.64. The number of aromatic nitrogens is 2. The Labute approximate surface area is 166 Å². The maximum Gasteiger partial charge on any atom is 0.234 e. The van der Waals surface area contributed by atoms with Gasteiger partial charge in [0, 0.05) is 33.1 Å². The molecule has 1 heterocycles. The number of halogens is 2. The van der Waals surface area contributed by atoms with Crippen LogP contribution in [0.15, 0.2) is 36.7 Å². The number of benzene rings is 1. The second-order valence-corrected chi connectivity index (χ2v) is 5.34. The van der Waals surface area contributed by atoms with Crippen LogP contribution in [0.4, 0.5) is 0 Å². The summed E-state index contributed by atoms with van der Waals surface area (Å²) in [5.41, 5.74) is 0.940. The predicted molar refractivity (Wildman–Crippen MR) is 105 cm³/mol. The molecular formula is C17H26Cl2N4O3. The fourth-order valence-electron chi connectivity index (χ4n) is 2.34. The second kappa shape index (κ2) is 12.5. The topological polar surface area (TPSA) is 77.4 Å². The number of amides is 1. The number of nitrogens with one attached hydrogen (secondary N) is 2. The lowest BCUT2D eigenvalue weighted by atomic mass is 10.1. The van der Waals surface area contributed by atoms with Crippen molar-refractivity contribution in [3.63, 3.8) is 0 Å². The number of imidazole rings is 1. The van der Waals surface area contributed by atoms with Crippen LogP contribution in [0.1, 0.15) is 17.4 Å². The van der Waals surface area contributed by atoms with E-state index in [-0.39, 0.29) is 43.3 Å². The third-order valence-corrected chi connectivity index (χ3v) is 3.64. The first kappa shape index (κ1) is 24.2. The van der Waals surface area contributed by atoms with Crippen molar-refractivity contribution >= 4 is 30.7 Å². The van der Waals surface area contributed by atoms with E-state index in [1.165, 1.54) is 0 Å². The molecule has 9 heteroatoms. The molecule has 1 atom stereocenters. The number of methoxy groups -OCH3 is 2. The molecule has 1 aromatic heterocycles. The van der Waals surface area contributed by atoms with Crippen LogP contribution in [0.5, 0.6) is 5.75 Å². The van der Waals surface area contributed by atoms with Crippen molar-refractivity contribution < 1.29 is 14.3 Å². The SMILES string of the molecule is COCCNCC(=O)NC(c1ccc(OC)cc1)c1nccn1C.Cl.Cl. The monoisotopic (exact) mass is 404 g/mol. The van der Waals surface area contributed by atoms with Gasteiger partial charge < -0.3 is 24.7 Å². The zero-order valence-corrected chi connectivity index (χ0v) is 16.7. The maximum atomic E-state index is 12.2. The molecule has 146 valence electrons. The first-order valence-electron chi connectivity index (χ1n) is 7.76. The van der Waals surface area contributed by atoms with Gasteiger partial charge >= 0.3 is 0 Å². The van der Waals surface area contributed by atoms with E-state index in [1.807, 2.05) is 42.1 Å². The first-order chi connectivity index (χ1) is 11.7. The van der Waals surface area contributed by atoms with Crippen molar-refractivity contribution in [2.24, 2.45) is 7.05 Å². The van der Waals surface area contributed by atoms with Crippen LogP contribution >= 0.6 is 24.8 Å². The Morgan fingerprint density at radius 2 is 1.92 bits per heavy atom. The summed E-state index contributed by atoms with van der Waals surface area (Å²) >= 11 is 0. The van der Waals surface area contributed by atoms with Gasteiger partial charge in [-0.1, -0.05) is 12.1 Å². The van der Waals surface area contributed by atoms with Crippen LogP contribution in [0.3, 0.4) is 0 Å². The lowest BCUT2D eigenvalue weighted by Crippen LogP contribution is -2.38. The number of ether oxygens (including phenoxy) is 2. The van der Waals surface area contributed by atoms with E-state index < -0.39 is 0 Å². The first-order valence-corrected chi connectivity index (χ1v) is 7.76. The van der Waals surface area contributed by atoms with Gasteiger partial charge in [0.2, 0.25) is 5.91 Å². The van der Waals surface area contributed by atoms with Crippen molar-refractivity contribution in [3.8, 4) is 5.75 Å². The Kier molecular flexibility index (Phi) is 11.7. The van der Waals surface area contributed by atoms with Crippen molar-refractivity contribution in [2.45, 2.75) is 6.04 Å². The maximum absolute atomic E-state index is 12.2. The Balaban J connectivity index is 0.00000312. The van der Waals surface area contributed by atoms with Crippen LogP contribution in [0, 0.1) is 0 Å². The highest BCUT2D eigenvalue weighted by Gasteiger charge is 2.20. The molecule has 1 amide bonds. The Morgan fingerprint density at radius 1 is 1.23 bits per heavy atom. The number of hydrogen-bond acceptors (Lipinski definition) is 5. The number of rotatable bonds is 9. The molecule has 0 aliphatic carbocycles. The van der Waals surface area contributed by atoms with Crippen LogP contribution in [0.25, 0.3) is 0 Å². The van der Waals surface area contributed by atoms with Gasteiger partial charge in [0.1, 0.15) is 17.6 Å². The third kappa shape index (κ3) is 6.84. The number of aryl methyl sites for hydroxylation is 1. The van der Waals surface area contributed by atoms with E-state index >= 15 is 0 Å². The van der Waals surface area contributed by atoms with Crippen molar-refractivity contribution in [3.05, 3.63) is 48.0 Å². The molecule has 1 unspecified atom stereocenters. The highest BCUT2D eigenvalue weighted by Crippen LogP contribution is 2.22. The molecule has 26 heavy (non-hydrogen) atoms. The average Bonchev–Trinajstić information content (AvgIpc) is 3.02. The molecule has 0 saturated heterocycles. The smallest absolute Gasteiger partial charge is 0.234 e. The van der Waals surface area contributed by atoms with Crippen molar-refractivity contribution in [2.75, 3.05) is 33.9 Å². The van der Waals surface area contributed by atoms with Gasteiger partial charge in [0.05, 0.1) is 20.3 Å². The van der Waals surface area contributed by atoms with Gasteiger partial charge in [0.25, 0.3) is 0 Å². The summed E-state index contributed by atoms with van der Waals surface area (Å²) in [6.45, 7) is 1.41.